The molecule has 26 heavy (non-hydrogen) atoms. The third-order valence-electron chi connectivity index (χ3n) is 3.87. The number of ether oxygens (including phenoxy) is 1. The SMILES string of the molecule is CC(C)(C)OC(=O)NC1CCCCC1N.O=C(O)C(O)c1ccccc1. The molecule has 1 fully saturated rings. The number of carbonyl (C=O) groups is 2. The minimum absolute atomic E-state index is 0.0752. The van der Waals surface area contributed by atoms with Crippen molar-refractivity contribution in [1.82, 2.24) is 5.32 Å². The molecule has 0 saturated heterocycles. The zero-order valence-corrected chi connectivity index (χ0v) is 15.6. The van der Waals surface area contributed by atoms with Gasteiger partial charge in [0.2, 0.25) is 0 Å². The summed E-state index contributed by atoms with van der Waals surface area (Å²) in [4.78, 5) is 21.7. The summed E-state index contributed by atoms with van der Waals surface area (Å²) < 4.78 is 5.18. The Morgan fingerprint density at radius 3 is 2.27 bits per heavy atom. The van der Waals surface area contributed by atoms with Gasteiger partial charge in [-0.25, -0.2) is 9.59 Å². The van der Waals surface area contributed by atoms with Crippen molar-refractivity contribution in [1.29, 1.82) is 0 Å². The van der Waals surface area contributed by atoms with Crippen molar-refractivity contribution in [3.8, 4) is 0 Å². The highest BCUT2D eigenvalue weighted by atomic mass is 16.6. The first-order valence-corrected chi connectivity index (χ1v) is 8.81. The maximum atomic E-state index is 11.5. The summed E-state index contributed by atoms with van der Waals surface area (Å²) in [6.07, 6.45) is 2.48. The number of amides is 1. The quantitative estimate of drug-likeness (QED) is 0.652. The molecule has 1 aliphatic carbocycles. The normalized spacial score (nSPS) is 21.0. The second-order valence-electron chi connectivity index (χ2n) is 7.35. The smallest absolute Gasteiger partial charge is 0.407 e. The highest BCUT2D eigenvalue weighted by Gasteiger charge is 2.25. The van der Waals surface area contributed by atoms with Crippen LogP contribution in [-0.4, -0.2) is 40.0 Å². The van der Waals surface area contributed by atoms with Gasteiger partial charge in [0.25, 0.3) is 0 Å². The molecule has 3 atom stereocenters. The average Bonchev–Trinajstić information content (AvgIpc) is 2.56. The van der Waals surface area contributed by atoms with E-state index >= 15 is 0 Å². The van der Waals surface area contributed by atoms with Crippen LogP contribution in [0.25, 0.3) is 0 Å². The van der Waals surface area contributed by atoms with Crippen LogP contribution in [0.2, 0.25) is 0 Å². The number of nitrogens with two attached hydrogens (primary N) is 1. The number of carboxylic acid groups (broad SMARTS) is 1. The monoisotopic (exact) mass is 366 g/mol. The van der Waals surface area contributed by atoms with Crippen LogP contribution in [0.3, 0.4) is 0 Å². The van der Waals surface area contributed by atoms with Crippen LogP contribution in [0.1, 0.15) is 58.1 Å². The largest absolute Gasteiger partial charge is 0.479 e. The lowest BCUT2D eigenvalue weighted by Gasteiger charge is -2.30. The van der Waals surface area contributed by atoms with Gasteiger partial charge >= 0.3 is 12.1 Å². The van der Waals surface area contributed by atoms with Crippen LogP contribution < -0.4 is 11.1 Å². The molecule has 2 rings (SSSR count). The third kappa shape index (κ3) is 8.31. The van der Waals surface area contributed by atoms with Crippen molar-refractivity contribution in [2.45, 2.75) is 70.2 Å². The lowest BCUT2D eigenvalue weighted by molar-refractivity contribution is -0.146. The summed E-state index contributed by atoms with van der Waals surface area (Å²) in [6, 6.07) is 8.42. The fourth-order valence-corrected chi connectivity index (χ4v) is 2.58. The van der Waals surface area contributed by atoms with E-state index in [1.807, 2.05) is 20.8 Å². The van der Waals surface area contributed by atoms with Crippen LogP contribution >= 0.6 is 0 Å². The van der Waals surface area contributed by atoms with E-state index in [2.05, 4.69) is 5.32 Å². The Morgan fingerprint density at radius 2 is 1.77 bits per heavy atom. The minimum atomic E-state index is -1.41. The predicted molar refractivity (Wildman–Crippen MR) is 98.6 cm³/mol. The van der Waals surface area contributed by atoms with Crippen LogP contribution in [-0.2, 0) is 9.53 Å². The van der Waals surface area contributed by atoms with Gasteiger partial charge in [-0.3, -0.25) is 0 Å². The number of aliphatic hydroxyl groups excluding tert-OH is 1. The van der Waals surface area contributed by atoms with E-state index in [4.69, 9.17) is 20.7 Å². The Balaban J connectivity index is 0.000000273. The molecular weight excluding hydrogens is 336 g/mol. The number of benzene rings is 1. The summed E-state index contributed by atoms with van der Waals surface area (Å²) in [5, 5.41) is 20.2. The molecule has 0 aliphatic heterocycles. The van der Waals surface area contributed by atoms with Gasteiger partial charge in [-0.15, -0.1) is 0 Å². The first kappa shape index (κ1) is 21.9. The fourth-order valence-electron chi connectivity index (χ4n) is 2.58. The Labute approximate surface area is 154 Å². The summed E-state index contributed by atoms with van der Waals surface area (Å²) in [5.74, 6) is -1.23. The van der Waals surface area contributed by atoms with Gasteiger partial charge in [-0.1, -0.05) is 43.2 Å². The van der Waals surface area contributed by atoms with E-state index in [9.17, 15) is 9.59 Å². The molecule has 1 aromatic carbocycles. The second-order valence-corrected chi connectivity index (χ2v) is 7.35. The maximum absolute atomic E-state index is 11.5. The minimum Gasteiger partial charge on any atom is -0.479 e. The molecule has 1 amide bonds. The molecule has 0 radical (unpaired) electrons. The van der Waals surface area contributed by atoms with E-state index in [0.717, 1.165) is 25.7 Å². The molecular formula is C19H30N2O5. The van der Waals surface area contributed by atoms with Crippen molar-refractivity contribution < 1.29 is 24.5 Å². The molecule has 5 N–H and O–H groups in total. The van der Waals surface area contributed by atoms with Crippen molar-refractivity contribution in [2.24, 2.45) is 5.73 Å². The molecule has 1 aliphatic rings. The number of aliphatic carboxylic acids is 1. The molecule has 0 spiro atoms. The highest BCUT2D eigenvalue weighted by Crippen LogP contribution is 2.17. The number of aliphatic hydroxyl groups is 1. The highest BCUT2D eigenvalue weighted by molar-refractivity contribution is 5.73. The van der Waals surface area contributed by atoms with Gasteiger partial charge in [0.1, 0.15) is 5.60 Å². The lowest BCUT2D eigenvalue weighted by atomic mass is 9.91. The first-order chi connectivity index (χ1) is 12.1. The number of carboxylic acids is 1. The number of rotatable bonds is 3. The van der Waals surface area contributed by atoms with Gasteiger partial charge < -0.3 is 26.0 Å². The summed E-state index contributed by atoms with van der Waals surface area (Å²) in [7, 11) is 0. The molecule has 0 heterocycles. The van der Waals surface area contributed by atoms with Crippen molar-refractivity contribution in [2.75, 3.05) is 0 Å². The molecule has 0 bridgehead atoms. The van der Waals surface area contributed by atoms with E-state index in [0.29, 0.717) is 5.56 Å². The summed E-state index contributed by atoms with van der Waals surface area (Å²) in [5.41, 5.74) is 5.88. The maximum Gasteiger partial charge on any atom is 0.407 e. The Kier molecular flexibility index (Phi) is 8.54. The molecule has 7 nitrogen and oxygen atoms in total. The number of alkyl carbamates (subject to hydrolysis) is 1. The Hall–Kier alpha value is -2.12. The zero-order chi connectivity index (χ0) is 19.7. The molecule has 146 valence electrons. The number of nitrogens with one attached hydrogen (secondary N) is 1. The van der Waals surface area contributed by atoms with E-state index in [-0.39, 0.29) is 18.2 Å². The second kappa shape index (κ2) is 10.1. The third-order valence-corrected chi connectivity index (χ3v) is 3.87. The average molecular weight is 366 g/mol. The van der Waals surface area contributed by atoms with Crippen molar-refractivity contribution in [3.05, 3.63) is 35.9 Å². The van der Waals surface area contributed by atoms with Gasteiger partial charge in [0.05, 0.1) is 0 Å². The van der Waals surface area contributed by atoms with Crippen LogP contribution in [0.4, 0.5) is 4.79 Å². The number of hydrogen-bond acceptors (Lipinski definition) is 5. The summed E-state index contributed by atoms with van der Waals surface area (Å²) in [6.45, 7) is 5.56. The first-order valence-electron chi connectivity index (χ1n) is 8.81. The van der Waals surface area contributed by atoms with Gasteiger partial charge in [-0.2, -0.15) is 0 Å². The molecule has 0 aromatic heterocycles. The molecule has 3 unspecified atom stereocenters. The van der Waals surface area contributed by atoms with E-state index in [1.165, 1.54) is 0 Å². The van der Waals surface area contributed by atoms with Gasteiger partial charge in [-0.05, 0) is 39.2 Å². The van der Waals surface area contributed by atoms with Crippen LogP contribution in [0.15, 0.2) is 30.3 Å². The topological polar surface area (TPSA) is 122 Å². The molecule has 1 saturated carbocycles. The van der Waals surface area contributed by atoms with Crippen LogP contribution in [0.5, 0.6) is 0 Å². The summed E-state index contributed by atoms with van der Waals surface area (Å²) >= 11 is 0. The van der Waals surface area contributed by atoms with Crippen LogP contribution in [0, 0.1) is 0 Å². The predicted octanol–water partition coefficient (Wildman–Crippen LogP) is 2.59. The Morgan fingerprint density at radius 1 is 1.19 bits per heavy atom. The zero-order valence-electron chi connectivity index (χ0n) is 15.6. The van der Waals surface area contributed by atoms with Gasteiger partial charge in [0.15, 0.2) is 6.10 Å². The fraction of sp³-hybridized carbons (Fsp3) is 0.579. The van der Waals surface area contributed by atoms with Crippen molar-refractivity contribution in [3.63, 3.8) is 0 Å². The Bertz CT molecular complexity index is 571. The molecule has 1 aromatic rings. The van der Waals surface area contributed by atoms with E-state index < -0.39 is 17.7 Å². The molecule has 7 heteroatoms. The number of hydrogen-bond donors (Lipinski definition) is 4. The number of carbonyl (C=O) groups excluding carboxylic acids is 1. The standard InChI is InChI=1S/C11H22N2O2.C8H8O3/c1-11(2,3)15-10(14)13-9-7-5-4-6-8(9)12;9-7(8(10)11)6-4-2-1-3-5-6/h8-9H,4-7,12H2,1-3H3,(H,13,14);1-5,7,9H,(H,10,11). The van der Waals surface area contributed by atoms with E-state index in [1.54, 1.807) is 30.3 Å². The van der Waals surface area contributed by atoms with Crippen molar-refractivity contribution >= 4 is 12.1 Å². The lowest BCUT2D eigenvalue weighted by Crippen LogP contribution is -2.50. The van der Waals surface area contributed by atoms with Gasteiger partial charge in [0, 0.05) is 12.1 Å².